The van der Waals surface area contributed by atoms with Gasteiger partial charge in [0.15, 0.2) is 0 Å². The smallest absolute Gasteiger partial charge is 0.124 e. The Kier molecular flexibility index (Phi) is 3.87. The van der Waals surface area contributed by atoms with Gasteiger partial charge >= 0.3 is 0 Å². The van der Waals surface area contributed by atoms with Crippen LogP contribution >= 0.6 is 0 Å². The van der Waals surface area contributed by atoms with Crippen molar-refractivity contribution in [1.29, 1.82) is 0 Å². The Morgan fingerprint density at radius 2 is 0.840 bits per heavy atom. The molecule has 5 heteroatoms. The van der Waals surface area contributed by atoms with Crippen molar-refractivity contribution in [2.24, 2.45) is 0 Å². The van der Waals surface area contributed by atoms with E-state index in [0.29, 0.717) is 21.9 Å². The van der Waals surface area contributed by atoms with Gasteiger partial charge in [0.05, 0.1) is 0 Å². The molecule has 0 saturated carbocycles. The zero-order chi connectivity index (χ0) is 16.8. The minimum Gasteiger partial charge on any atom is -0.508 e. The molecule has 0 atom stereocenters. The number of benzene rings is 4. The molecule has 0 saturated heterocycles. The Hall–Kier alpha value is -3.44. The van der Waals surface area contributed by atoms with Crippen LogP contribution in [0.4, 0.5) is 0 Å². The fourth-order valence-electron chi connectivity index (χ4n) is 3.12. The average Bonchev–Trinajstić information content (AvgIpc) is 2.56. The maximum absolute atomic E-state index is 10.5. The number of aromatic hydroxyl groups is 4. The predicted octanol–water partition coefficient (Wildman–Crippen LogP) is 3.66. The second-order valence-corrected chi connectivity index (χ2v) is 5.73. The highest BCUT2D eigenvalue weighted by Gasteiger charge is 2.17. The van der Waals surface area contributed by atoms with Crippen molar-refractivity contribution in [3.05, 3.63) is 60.7 Å². The molecule has 126 valence electrons. The lowest BCUT2D eigenvalue weighted by atomic mass is 9.92. The molecule has 0 aliphatic rings. The van der Waals surface area contributed by atoms with Crippen LogP contribution in [0.2, 0.25) is 0 Å². The molecule has 4 rings (SSSR count). The SMILES string of the molecule is O.Oc1ccc2ccc(O)c(-c3c(O)ccc4ccc(O)cc34)c2c1. The van der Waals surface area contributed by atoms with Crippen molar-refractivity contribution < 1.29 is 25.9 Å². The van der Waals surface area contributed by atoms with E-state index in [0.717, 1.165) is 10.8 Å². The van der Waals surface area contributed by atoms with Crippen LogP contribution in [-0.2, 0) is 0 Å². The topological polar surface area (TPSA) is 112 Å². The molecule has 0 heterocycles. The third kappa shape index (κ3) is 2.56. The third-order valence-electron chi connectivity index (χ3n) is 4.22. The monoisotopic (exact) mass is 336 g/mol. The normalized spacial score (nSPS) is 10.7. The standard InChI is InChI=1S/C20H14O4.H2O/c21-13-5-1-11-3-7-17(23)19(15(11)9-13)20-16-10-14(22)6-2-12(16)4-8-18(20)24;/h1-10,21-24H;1H2. The fraction of sp³-hybridized carbons (Fsp3) is 0. The van der Waals surface area contributed by atoms with Gasteiger partial charge in [-0.2, -0.15) is 0 Å². The maximum Gasteiger partial charge on any atom is 0.124 e. The van der Waals surface area contributed by atoms with Gasteiger partial charge in [0.25, 0.3) is 0 Å². The van der Waals surface area contributed by atoms with Gasteiger partial charge in [-0.25, -0.2) is 0 Å². The molecule has 0 aromatic heterocycles. The fourth-order valence-corrected chi connectivity index (χ4v) is 3.12. The van der Waals surface area contributed by atoms with E-state index in [-0.39, 0.29) is 28.5 Å². The number of phenolic OH excluding ortho intramolecular Hbond substituents is 4. The number of hydrogen-bond donors (Lipinski definition) is 4. The average molecular weight is 336 g/mol. The molecule has 4 aromatic carbocycles. The van der Waals surface area contributed by atoms with Crippen LogP contribution in [0, 0.1) is 0 Å². The van der Waals surface area contributed by atoms with Gasteiger partial charge < -0.3 is 25.9 Å². The van der Waals surface area contributed by atoms with Crippen molar-refractivity contribution in [2.75, 3.05) is 0 Å². The van der Waals surface area contributed by atoms with Gasteiger partial charge in [-0.05, 0) is 57.9 Å². The van der Waals surface area contributed by atoms with Gasteiger partial charge in [0.2, 0.25) is 0 Å². The third-order valence-corrected chi connectivity index (χ3v) is 4.22. The highest BCUT2D eigenvalue weighted by molar-refractivity contribution is 6.10. The first-order chi connectivity index (χ1) is 11.5. The first-order valence-corrected chi connectivity index (χ1v) is 7.44. The quantitative estimate of drug-likeness (QED) is 0.425. The lowest BCUT2D eigenvalue weighted by Gasteiger charge is -2.14. The van der Waals surface area contributed by atoms with Crippen molar-refractivity contribution in [3.8, 4) is 34.1 Å². The summed E-state index contributed by atoms with van der Waals surface area (Å²) in [6.07, 6.45) is 0. The minimum absolute atomic E-state index is 0. The zero-order valence-electron chi connectivity index (χ0n) is 13.1. The van der Waals surface area contributed by atoms with E-state index in [4.69, 9.17) is 0 Å². The Balaban J connectivity index is 0.00000182. The molecular formula is C20H16O5. The molecule has 5 nitrogen and oxygen atoms in total. The summed E-state index contributed by atoms with van der Waals surface area (Å²) in [6.45, 7) is 0. The van der Waals surface area contributed by atoms with Crippen LogP contribution in [0.3, 0.4) is 0 Å². The van der Waals surface area contributed by atoms with E-state index in [1.54, 1.807) is 60.7 Å². The van der Waals surface area contributed by atoms with Crippen LogP contribution in [0.15, 0.2) is 60.7 Å². The molecule has 0 aliphatic heterocycles. The Bertz CT molecular complexity index is 1000. The van der Waals surface area contributed by atoms with E-state index in [1.807, 2.05) is 0 Å². The van der Waals surface area contributed by atoms with E-state index < -0.39 is 0 Å². The van der Waals surface area contributed by atoms with Crippen LogP contribution in [-0.4, -0.2) is 25.9 Å². The van der Waals surface area contributed by atoms with Crippen LogP contribution < -0.4 is 0 Å². The van der Waals surface area contributed by atoms with Crippen molar-refractivity contribution in [1.82, 2.24) is 0 Å². The lowest BCUT2D eigenvalue weighted by Crippen LogP contribution is -1.87. The Morgan fingerprint density at radius 3 is 1.24 bits per heavy atom. The molecule has 0 spiro atoms. The number of fused-ring (bicyclic) bond motifs is 2. The van der Waals surface area contributed by atoms with Gasteiger partial charge in [0, 0.05) is 11.1 Å². The maximum atomic E-state index is 10.5. The summed E-state index contributed by atoms with van der Waals surface area (Å²) in [4.78, 5) is 0. The molecular weight excluding hydrogens is 320 g/mol. The molecule has 4 aromatic rings. The molecule has 0 amide bonds. The van der Waals surface area contributed by atoms with Gasteiger partial charge in [-0.15, -0.1) is 0 Å². The molecule has 0 bridgehead atoms. The number of rotatable bonds is 1. The number of phenols is 4. The Labute approximate surface area is 143 Å². The van der Waals surface area contributed by atoms with Crippen LogP contribution in [0.5, 0.6) is 23.0 Å². The molecule has 25 heavy (non-hydrogen) atoms. The minimum atomic E-state index is -0.0146. The van der Waals surface area contributed by atoms with Crippen LogP contribution in [0.25, 0.3) is 32.7 Å². The van der Waals surface area contributed by atoms with Crippen LogP contribution in [0.1, 0.15) is 0 Å². The molecule has 0 aliphatic carbocycles. The van der Waals surface area contributed by atoms with E-state index in [9.17, 15) is 20.4 Å². The summed E-state index contributed by atoms with van der Waals surface area (Å²) in [6, 6.07) is 16.3. The summed E-state index contributed by atoms with van der Waals surface area (Å²) >= 11 is 0. The van der Waals surface area contributed by atoms with Gasteiger partial charge in [0.1, 0.15) is 23.0 Å². The summed E-state index contributed by atoms with van der Waals surface area (Å²) in [7, 11) is 0. The van der Waals surface area contributed by atoms with Crippen molar-refractivity contribution in [2.45, 2.75) is 0 Å². The van der Waals surface area contributed by atoms with E-state index in [2.05, 4.69) is 0 Å². The molecule has 0 radical (unpaired) electrons. The number of hydrogen-bond acceptors (Lipinski definition) is 4. The summed E-state index contributed by atoms with van der Waals surface area (Å²) in [5.41, 5.74) is 0.828. The predicted molar refractivity (Wildman–Crippen MR) is 97.2 cm³/mol. The first-order valence-electron chi connectivity index (χ1n) is 7.44. The van der Waals surface area contributed by atoms with Crippen molar-refractivity contribution >= 4 is 21.5 Å². The summed E-state index contributed by atoms with van der Waals surface area (Å²) < 4.78 is 0. The van der Waals surface area contributed by atoms with Gasteiger partial charge in [-0.1, -0.05) is 24.3 Å². The second kappa shape index (κ2) is 5.89. The highest BCUT2D eigenvalue weighted by atomic mass is 16.3. The van der Waals surface area contributed by atoms with Crippen molar-refractivity contribution in [3.63, 3.8) is 0 Å². The van der Waals surface area contributed by atoms with E-state index >= 15 is 0 Å². The second-order valence-electron chi connectivity index (χ2n) is 5.73. The lowest BCUT2D eigenvalue weighted by molar-refractivity contribution is 0.469. The van der Waals surface area contributed by atoms with E-state index in [1.165, 1.54) is 0 Å². The Morgan fingerprint density at radius 1 is 0.480 bits per heavy atom. The first kappa shape index (κ1) is 16.4. The molecule has 0 fully saturated rings. The summed E-state index contributed by atoms with van der Waals surface area (Å²) in [5.74, 6) is 0.104. The molecule has 6 N–H and O–H groups in total. The molecule has 0 unspecified atom stereocenters. The van der Waals surface area contributed by atoms with Gasteiger partial charge in [-0.3, -0.25) is 0 Å². The largest absolute Gasteiger partial charge is 0.508 e. The highest BCUT2D eigenvalue weighted by Crippen LogP contribution is 2.45. The zero-order valence-corrected chi connectivity index (χ0v) is 13.1. The summed E-state index contributed by atoms with van der Waals surface area (Å²) in [5, 5.41) is 43.4.